The predicted molar refractivity (Wildman–Crippen MR) is 112 cm³/mol. The van der Waals surface area contributed by atoms with Gasteiger partial charge in [0.15, 0.2) is 16.6 Å². The van der Waals surface area contributed by atoms with Gasteiger partial charge in [-0.2, -0.15) is 0 Å². The first kappa shape index (κ1) is 19.5. The van der Waals surface area contributed by atoms with Crippen LogP contribution in [0.2, 0.25) is 0 Å². The Balaban J connectivity index is 1.50. The molecule has 0 spiro atoms. The van der Waals surface area contributed by atoms with Gasteiger partial charge in [0.25, 0.3) is 0 Å². The number of carbonyl (C=O) groups is 1. The first-order valence-corrected chi connectivity index (χ1v) is 10.4. The van der Waals surface area contributed by atoms with Gasteiger partial charge in [-0.25, -0.2) is 4.98 Å². The summed E-state index contributed by atoms with van der Waals surface area (Å²) in [5.74, 6) is 2.18. The number of quaternary nitrogens is 1. The van der Waals surface area contributed by atoms with E-state index in [0.29, 0.717) is 24.0 Å². The van der Waals surface area contributed by atoms with Crippen molar-refractivity contribution in [2.45, 2.75) is 6.42 Å². The fourth-order valence-electron chi connectivity index (χ4n) is 2.99. The predicted octanol–water partition coefficient (Wildman–Crippen LogP) is 1.97. The fourth-order valence-corrected chi connectivity index (χ4v) is 4.01. The number of thiazole rings is 1. The molecule has 7 nitrogen and oxygen atoms in total. The average Bonchev–Trinajstić information content (AvgIpc) is 3.32. The molecule has 4 rings (SSSR count). The molecule has 0 aliphatic carbocycles. The van der Waals surface area contributed by atoms with Crippen LogP contribution < -0.4 is 24.0 Å². The fraction of sp³-hybridized carbons (Fsp3) is 0.333. The van der Waals surface area contributed by atoms with Crippen LogP contribution in [0.15, 0.2) is 42.5 Å². The van der Waals surface area contributed by atoms with E-state index in [1.807, 2.05) is 42.5 Å². The maximum atomic E-state index is 13.0. The molecule has 0 radical (unpaired) electrons. The van der Waals surface area contributed by atoms with Crippen LogP contribution in [-0.2, 0) is 4.79 Å². The molecule has 0 unspecified atom stereocenters. The molecule has 1 aliphatic rings. The van der Waals surface area contributed by atoms with E-state index in [4.69, 9.17) is 19.2 Å². The Morgan fingerprint density at radius 2 is 1.97 bits per heavy atom. The zero-order valence-electron chi connectivity index (χ0n) is 16.5. The Morgan fingerprint density at radius 3 is 2.72 bits per heavy atom. The summed E-state index contributed by atoms with van der Waals surface area (Å²) in [5, 5.41) is 0.689. The van der Waals surface area contributed by atoms with Crippen LogP contribution >= 0.6 is 11.3 Å². The van der Waals surface area contributed by atoms with Crippen molar-refractivity contribution in [2.24, 2.45) is 0 Å². The molecule has 0 atom stereocenters. The number of rotatable bonds is 8. The van der Waals surface area contributed by atoms with Gasteiger partial charge in [0.05, 0.1) is 50.4 Å². The van der Waals surface area contributed by atoms with Gasteiger partial charge in [0.1, 0.15) is 5.75 Å². The molecule has 1 aromatic heterocycles. The summed E-state index contributed by atoms with van der Waals surface area (Å²) < 4.78 is 17.6. The summed E-state index contributed by atoms with van der Waals surface area (Å²) in [7, 11) is 4.14. The molecule has 0 bridgehead atoms. The second kappa shape index (κ2) is 8.67. The summed E-state index contributed by atoms with van der Waals surface area (Å²) >= 11 is 1.49. The van der Waals surface area contributed by atoms with Gasteiger partial charge >= 0.3 is 0 Å². The molecular weight excluding hydrogens is 390 g/mol. The van der Waals surface area contributed by atoms with E-state index < -0.39 is 0 Å². The minimum absolute atomic E-state index is 0.00118. The Labute approximate surface area is 173 Å². The number of hydrogen-bond donors (Lipinski definition) is 1. The number of hydrogen-bond acceptors (Lipinski definition) is 6. The quantitative estimate of drug-likeness (QED) is 0.611. The summed E-state index contributed by atoms with van der Waals surface area (Å²) in [6, 6.07) is 13.3. The highest BCUT2D eigenvalue weighted by Gasteiger charge is 2.23. The van der Waals surface area contributed by atoms with E-state index in [0.717, 1.165) is 28.3 Å². The van der Waals surface area contributed by atoms with Crippen molar-refractivity contribution in [1.29, 1.82) is 0 Å². The van der Waals surface area contributed by atoms with Gasteiger partial charge < -0.3 is 19.1 Å². The Morgan fingerprint density at radius 1 is 1.21 bits per heavy atom. The number of aromatic nitrogens is 1. The maximum Gasteiger partial charge on any atom is 0.232 e. The number of amides is 1. The monoisotopic (exact) mass is 414 g/mol. The third-order valence-corrected chi connectivity index (χ3v) is 5.61. The molecule has 1 N–H and O–H groups in total. The van der Waals surface area contributed by atoms with Crippen molar-refractivity contribution in [3.8, 4) is 17.2 Å². The first-order chi connectivity index (χ1) is 14.1. The van der Waals surface area contributed by atoms with Crippen molar-refractivity contribution < 1.29 is 23.9 Å². The molecule has 2 heterocycles. The Kier molecular flexibility index (Phi) is 5.82. The number of ether oxygens (including phenoxy) is 3. The highest BCUT2D eigenvalue weighted by molar-refractivity contribution is 7.22. The summed E-state index contributed by atoms with van der Waals surface area (Å²) in [5.41, 5.74) is 0.810. The molecule has 0 fully saturated rings. The lowest BCUT2D eigenvalue weighted by Gasteiger charge is -2.20. The second-order valence-electron chi connectivity index (χ2n) is 7.08. The van der Waals surface area contributed by atoms with Crippen molar-refractivity contribution in [3.05, 3.63) is 42.5 Å². The van der Waals surface area contributed by atoms with Gasteiger partial charge in [-0.3, -0.25) is 9.69 Å². The second-order valence-corrected chi connectivity index (χ2v) is 8.09. The van der Waals surface area contributed by atoms with Crippen molar-refractivity contribution in [2.75, 3.05) is 45.5 Å². The number of nitrogens with one attached hydrogen (secondary N) is 1. The van der Waals surface area contributed by atoms with Crippen molar-refractivity contribution >= 4 is 32.6 Å². The molecule has 0 saturated heterocycles. The molecule has 3 aromatic rings. The molecule has 0 saturated carbocycles. The standard InChI is InChI=1S/C21H23N3O4S/c1-23(2)9-10-24(20(25)8-11-26-15-6-4-3-5-7-15)21-22-16-12-17-18(28-14-27-17)13-19(16)29-21/h3-7,12-13H,8-11,14H2,1-2H3/p+1. The molecule has 152 valence electrons. The van der Waals surface area contributed by atoms with Crippen molar-refractivity contribution in [1.82, 2.24) is 4.98 Å². The SMILES string of the molecule is C[NH+](C)CCN(C(=O)CCOc1ccccc1)c1nc2cc3c(cc2s1)OCO3. The number of likely N-dealkylation sites (N-methyl/N-ethyl adjacent to an activating group) is 1. The van der Waals surface area contributed by atoms with Crippen LogP contribution in [0.4, 0.5) is 5.13 Å². The lowest BCUT2D eigenvalue weighted by Crippen LogP contribution is -3.06. The maximum absolute atomic E-state index is 13.0. The minimum Gasteiger partial charge on any atom is -0.493 e. The van der Waals surface area contributed by atoms with Crippen LogP contribution in [0.25, 0.3) is 10.2 Å². The highest BCUT2D eigenvalue weighted by Crippen LogP contribution is 2.39. The number of fused-ring (bicyclic) bond motifs is 2. The number of nitrogens with zero attached hydrogens (tertiary/aromatic N) is 2. The first-order valence-electron chi connectivity index (χ1n) is 9.57. The van der Waals surface area contributed by atoms with Crippen molar-refractivity contribution in [3.63, 3.8) is 0 Å². The number of carbonyl (C=O) groups excluding carboxylic acids is 1. The third kappa shape index (κ3) is 4.60. The van der Waals surface area contributed by atoms with E-state index in [2.05, 4.69) is 14.1 Å². The van der Waals surface area contributed by atoms with Gasteiger partial charge in [0, 0.05) is 12.1 Å². The van der Waals surface area contributed by atoms with Gasteiger partial charge in [-0.15, -0.1) is 0 Å². The van der Waals surface area contributed by atoms with Gasteiger partial charge in [0.2, 0.25) is 12.7 Å². The van der Waals surface area contributed by atoms with Gasteiger partial charge in [-0.05, 0) is 12.1 Å². The summed E-state index contributed by atoms with van der Waals surface area (Å²) in [6.07, 6.45) is 0.288. The van der Waals surface area contributed by atoms with E-state index >= 15 is 0 Å². The third-order valence-electron chi connectivity index (χ3n) is 4.57. The minimum atomic E-state index is 0.00118. The largest absolute Gasteiger partial charge is 0.493 e. The highest BCUT2D eigenvalue weighted by atomic mass is 32.1. The summed E-state index contributed by atoms with van der Waals surface area (Å²) in [6.45, 7) is 1.98. The smallest absolute Gasteiger partial charge is 0.232 e. The van der Waals surface area contributed by atoms with Crippen LogP contribution in [0, 0.1) is 0 Å². The summed E-state index contributed by atoms with van der Waals surface area (Å²) in [4.78, 5) is 20.7. The lowest BCUT2D eigenvalue weighted by molar-refractivity contribution is -0.856. The van der Waals surface area contributed by atoms with Crippen LogP contribution in [0.1, 0.15) is 6.42 Å². The average molecular weight is 415 g/mol. The number of anilines is 1. The Bertz CT molecular complexity index is 949. The van der Waals surface area contributed by atoms with Crippen LogP contribution in [0.5, 0.6) is 17.2 Å². The normalized spacial score (nSPS) is 12.5. The zero-order valence-corrected chi connectivity index (χ0v) is 17.3. The zero-order chi connectivity index (χ0) is 20.2. The molecule has 8 heteroatoms. The van der Waals surface area contributed by atoms with E-state index in [-0.39, 0.29) is 19.1 Å². The van der Waals surface area contributed by atoms with Crippen LogP contribution in [0.3, 0.4) is 0 Å². The molecule has 29 heavy (non-hydrogen) atoms. The topological polar surface area (TPSA) is 65.3 Å². The molecule has 2 aromatic carbocycles. The van der Waals surface area contributed by atoms with Crippen LogP contribution in [-0.4, -0.2) is 51.5 Å². The van der Waals surface area contributed by atoms with E-state index in [1.54, 1.807) is 4.90 Å². The molecule has 1 amide bonds. The molecular formula is C21H24N3O4S+. The number of para-hydroxylation sites is 1. The van der Waals surface area contributed by atoms with Gasteiger partial charge in [-0.1, -0.05) is 29.5 Å². The van der Waals surface area contributed by atoms with E-state index in [1.165, 1.54) is 16.2 Å². The van der Waals surface area contributed by atoms with E-state index in [9.17, 15) is 4.79 Å². The Hall–Kier alpha value is -2.84. The molecule has 1 aliphatic heterocycles. The lowest BCUT2D eigenvalue weighted by atomic mass is 10.3. The number of benzene rings is 2.